The highest BCUT2D eigenvalue weighted by Gasteiger charge is 2.10. The molecule has 0 aliphatic carbocycles. The molecule has 1 heterocycles. The Balaban J connectivity index is 1.36. The van der Waals surface area contributed by atoms with Gasteiger partial charge in [0.05, 0.1) is 10.2 Å². The second-order valence-corrected chi connectivity index (χ2v) is 7.70. The molecule has 4 rings (SSSR count). The topological polar surface area (TPSA) is 51.2 Å². The van der Waals surface area contributed by atoms with Crippen molar-refractivity contribution >= 4 is 32.6 Å². The van der Waals surface area contributed by atoms with Gasteiger partial charge in [0.2, 0.25) is 0 Å². The molecule has 0 saturated heterocycles. The van der Waals surface area contributed by atoms with E-state index >= 15 is 0 Å². The minimum Gasteiger partial charge on any atom is -0.484 e. The second-order valence-electron chi connectivity index (χ2n) is 6.67. The predicted octanol–water partition coefficient (Wildman–Crippen LogP) is 5.60. The minimum absolute atomic E-state index is 0.0568. The minimum atomic E-state index is -0.223. The molecule has 3 aromatic carbocycles. The van der Waals surface area contributed by atoms with Crippen molar-refractivity contribution in [2.75, 3.05) is 11.9 Å². The highest BCUT2D eigenvalue weighted by molar-refractivity contribution is 7.22. The van der Waals surface area contributed by atoms with Crippen LogP contribution in [0.4, 0.5) is 5.13 Å². The normalized spacial score (nSPS) is 10.8. The molecule has 0 fully saturated rings. The van der Waals surface area contributed by atoms with Crippen molar-refractivity contribution in [1.29, 1.82) is 0 Å². The van der Waals surface area contributed by atoms with Crippen LogP contribution in [-0.4, -0.2) is 17.5 Å². The van der Waals surface area contributed by atoms with Gasteiger partial charge in [-0.05, 0) is 48.7 Å². The molecule has 0 radical (unpaired) electrons. The monoisotopic (exact) mass is 388 g/mol. The summed E-state index contributed by atoms with van der Waals surface area (Å²) >= 11 is 1.46. The van der Waals surface area contributed by atoms with Crippen LogP contribution in [0.2, 0.25) is 0 Å². The third kappa shape index (κ3) is 4.05. The number of aromatic nitrogens is 1. The standard InChI is InChI=1S/C23H20N2O2S/c1-15-6-8-17(9-7-15)18-10-12-19(13-11-18)27-14-21(26)24-23-25-22-16(2)4-3-5-20(22)28-23/h3-13H,14H2,1-2H3,(H,24,25,26). The number of amides is 1. The predicted molar refractivity (Wildman–Crippen MR) is 115 cm³/mol. The Hall–Kier alpha value is -3.18. The van der Waals surface area contributed by atoms with Crippen molar-refractivity contribution in [3.63, 3.8) is 0 Å². The largest absolute Gasteiger partial charge is 0.484 e. The quantitative estimate of drug-likeness (QED) is 0.484. The van der Waals surface area contributed by atoms with Gasteiger partial charge in [-0.2, -0.15) is 0 Å². The van der Waals surface area contributed by atoms with Gasteiger partial charge in [-0.25, -0.2) is 4.98 Å². The Bertz CT molecular complexity index is 1120. The van der Waals surface area contributed by atoms with Crippen LogP contribution in [0.1, 0.15) is 11.1 Å². The fourth-order valence-corrected chi connectivity index (χ4v) is 3.89. The van der Waals surface area contributed by atoms with E-state index in [-0.39, 0.29) is 12.5 Å². The zero-order valence-corrected chi connectivity index (χ0v) is 16.5. The first-order chi connectivity index (χ1) is 13.6. The van der Waals surface area contributed by atoms with Crippen LogP contribution in [0.15, 0.2) is 66.7 Å². The number of anilines is 1. The summed E-state index contributed by atoms with van der Waals surface area (Å²) in [5.41, 5.74) is 5.52. The number of aryl methyl sites for hydroxylation is 2. The van der Waals surface area contributed by atoms with Gasteiger partial charge in [0.25, 0.3) is 5.91 Å². The number of para-hydroxylation sites is 1. The average molecular weight is 388 g/mol. The van der Waals surface area contributed by atoms with Crippen molar-refractivity contribution in [1.82, 2.24) is 4.98 Å². The number of ether oxygens (including phenoxy) is 1. The molecule has 0 spiro atoms. The molecule has 1 N–H and O–H groups in total. The summed E-state index contributed by atoms with van der Waals surface area (Å²) in [6.07, 6.45) is 0. The number of fused-ring (bicyclic) bond motifs is 1. The van der Waals surface area contributed by atoms with Gasteiger partial charge in [-0.15, -0.1) is 0 Å². The Morgan fingerprint density at radius 1 is 0.964 bits per heavy atom. The number of carbonyl (C=O) groups is 1. The molecule has 140 valence electrons. The highest BCUT2D eigenvalue weighted by atomic mass is 32.1. The molecule has 0 aliphatic rings. The molecule has 28 heavy (non-hydrogen) atoms. The molecular formula is C23H20N2O2S. The molecule has 0 bridgehead atoms. The number of hydrogen-bond acceptors (Lipinski definition) is 4. The van der Waals surface area contributed by atoms with Gasteiger partial charge >= 0.3 is 0 Å². The van der Waals surface area contributed by atoms with E-state index in [0.29, 0.717) is 10.9 Å². The van der Waals surface area contributed by atoms with Crippen molar-refractivity contribution in [3.8, 4) is 16.9 Å². The number of carbonyl (C=O) groups excluding carboxylic acids is 1. The van der Waals surface area contributed by atoms with Crippen molar-refractivity contribution in [2.45, 2.75) is 13.8 Å². The average Bonchev–Trinajstić information content (AvgIpc) is 3.11. The summed E-state index contributed by atoms with van der Waals surface area (Å²) in [7, 11) is 0. The number of thiazole rings is 1. The van der Waals surface area contributed by atoms with E-state index in [9.17, 15) is 4.79 Å². The van der Waals surface area contributed by atoms with E-state index in [0.717, 1.165) is 26.9 Å². The molecule has 1 amide bonds. The van der Waals surface area contributed by atoms with E-state index in [1.54, 1.807) is 0 Å². The van der Waals surface area contributed by atoms with E-state index in [1.807, 2.05) is 49.4 Å². The Kier molecular flexibility index (Phi) is 5.08. The van der Waals surface area contributed by atoms with Gasteiger partial charge < -0.3 is 4.74 Å². The fraction of sp³-hybridized carbons (Fsp3) is 0.130. The van der Waals surface area contributed by atoms with Gasteiger partial charge in [-0.1, -0.05) is 65.4 Å². The van der Waals surface area contributed by atoms with E-state index < -0.39 is 0 Å². The van der Waals surface area contributed by atoms with E-state index in [1.165, 1.54) is 16.9 Å². The molecule has 4 nitrogen and oxygen atoms in total. The first-order valence-corrected chi connectivity index (χ1v) is 9.86. The number of rotatable bonds is 5. The first kappa shape index (κ1) is 18.2. The molecule has 0 aliphatic heterocycles. The van der Waals surface area contributed by atoms with Crippen molar-refractivity contribution < 1.29 is 9.53 Å². The first-order valence-electron chi connectivity index (χ1n) is 9.04. The molecule has 0 unspecified atom stereocenters. The summed E-state index contributed by atoms with van der Waals surface area (Å²) in [6, 6.07) is 22.1. The molecular weight excluding hydrogens is 368 g/mol. The zero-order chi connectivity index (χ0) is 19.5. The molecule has 0 saturated carbocycles. The lowest BCUT2D eigenvalue weighted by Crippen LogP contribution is -2.19. The summed E-state index contributed by atoms with van der Waals surface area (Å²) in [6.45, 7) is 4.02. The molecule has 4 aromatic rings. The number of nitrogens with zero attached hydrogens (tertiary/aromatic N) is 1. The molecule has 0 atom stereocenters. The van der Waals surface area contributed by atoms with Crippen LogP contribution < -0.4 is 10.1 Å². The van der Waals surface area contributed by atoms with Gasteiger partial charge in [-0.3, -0.25) is 10.1 Å². The lowest BCUT2D eigenvalue weighted by molar-refractivity contribution is -0.118. The number of benzene rings is 3. The molecule has 5 heteroatoms. The van der Waals surface area contributed by atoms with Crippen LogP contribution in [0.25, 0.3) is 21.3 Å². The summed E-state index contributed by atoms with van der Waals surface area (Å²) in [4.78, 5) is 16.7. The maximum atomic E-state index is 12.2. The Morgan fingerprint density at radius 2 is 1.64 bits per heavy atom. The zero-order valence-electron chi connectivity index (χ0n) is 15.7. The van der Waals surface area contributed by atoms with Crippen LogP contribution in [0, 0.1) is 13.8 Å². The lowest BCUT2D eigenvalue weighted by atomic mass is 10.0. The van der Waals surface area contributed by atoms with Gasteiger partial charge in [0.15, 0.2) is 11.7 Å². The summed E-state index contributed by atoms with van der Waals surface area (Å²) < 4.78 is 6.67. The van der Waals surface area contributed by atoms with Gasteiger partial charge in [0.1, 0.15) is 5.75 Å². The SMILES string of the molecule is Cc1ccc(-c2ccc(OCC(=O)Nc3nc4c(C)cccc4s3)cc2)cc1. The van der Waals surface area contributed by atoms with Gasteiger partial charge in [0, 0.05) is 0 Å². The maximum absolute atomic E-state index is 12.2. The lowest BCUT2D eigenvalue weighted by Gasteiger charge is -2.07. The third-order valence-electron chi connectivity index (χ3n) is 4.48. The summed E-state index contributed by atoms with van der Waals surface area (Å²) in [5, 5.41) is 3.41. The number of hydrogen-bond donors (Lipinski definition) is 1. The number of nitrogens with one attached hydrogen (secondary N) is 1. The maximum Gasteiger partial charge on any atom is 0.264 e. The Labute approximate surface area is 167 Å². The summed E-state index contributed by atoms with van der Waals surface area (Å²) in [5.74, 6) is 0.436. The van der Waals surface area contributed by atoms with Crippen LogP contribution in [0.3, 0.4) is 0 Å². The van der Waals surface area contributed by atoms with Crippen LogP contribution in [0.5, 0.6) is 5.75 Å². The van der Waals surface area contributed by atoms with Crippen molar-refractivity contribution in [2.24, 2.45) is 0 Å². The fourth-order valence-electron chi connectivity index (χ4n) is 2.93. The second kappa shape index (κ2) is 7.82. The smallest absolute Gasteiger partial charge is 0.264 e. The highest BCUT2D eigenvalue weighted by Crippen LogP contribution is 2.28. The van der Waals surface area contributed by atoms with Crippen molar-refractivity contribution in [3.05, 3.63) is 77.9 Å². The van der Waals surface area contributed by atoms with E-state index in [4.69, 9.17) is 4.74 Å². The third-order valence-corrected chi connectivity index (χ3v) is 5.41. The van der Waals surface area contributed by atoms with Crippen LogP contribution >= 0.6 is 11.3 Å². The van der Waals surface area contributed by atoms with E-state index in [2.05, 4.69) is 41.5 Å². The van der Waals surface area contributed by atoms with Crippen LogP contribution in [-0.2, 0) is 4.79 Å². The molecule has 1 aromatic heterocycles. The Morgan fingerprint density at radius 3 is 2.32 bits per heavy atom.